The SMILES string of the molecule is Cc1ccccc1/C=C/C(=O)O[C@@H](C)C(=O)N[C@@H]1CCCc2ccccc21. The van der Waals surface area contributed by atoms with Crippen LogP contribution in [0.15, 0.2) is 54.6 Å². The zero-order valence-electron chi connectivity index (χ0n) is 15.8. The number of ether oxygens (including phenoxy) is 1. The maximum absolute atomic E-state index is 12.5. The van der Waals surface area contributed by atoms with Gasteiger partial charge in [0.05, 0.1) is 6.04 Å². The molecule has 0 spiro atoms. The van der Waals surface area contributed by atoms with E-state index in [-0.39, 0.29) is 11.9 Å². The number of carbonyl (C=O) groups is 2. The molecule has 2 atom stereocenters. The molecule has 4 nitrogen and oxygen atoms in total. The Morgan fingerprint density at radius 1 is 1.15 bits per heavy atom. The van der Waals surface area contributed by atoms with Crippen molar-refractivity contribution in [3.05, 3.63) is 76.9 Å². The van der Waals surface area contributed by atoms with Crippen LogP contribution < -0.4 is 5.32 Å². The second-order valence-corrected chi connectivity index (χ2v) is 6.92. The highest BCUT2D eigenvalue weighted by Crippen LogP contribution is 2.29. The van der Waals surface area contributed by atoms with Crippen LogP contribution in [0.25, 0.3) is 6.08 Å². The summed E-state index contributed by atoms with van der Waals surface area (Å²) in [4.78, 5) is 24.5. The number of carbonyl (C=O) groups excluding carboxylic acids is 2. The molecule has 0 saturated heterocycles. The summed E-state index contributed by atoms with van der Waals surface area (Å²) in [7, 11) is 0. The molecule has 1 aliphatic rings. The maximum Gasteiger partial charge on any atom is 0.331 e. The van der Waals surface area contributed by atoms with Gasteiger partial charge < -0.3 is 10.1 Å². The van der Waals surface area contributed by atoms with Crippen LogP contribution >= 0.6 is 0 Å². The van der Waals surface area contributed by atoms with Crippen molar-refractivity contribution in [2.24, 2.45) is 0 Å². The van der Waals surface area contributed by atoms with Crippen molar-refractivity contribution in [3.8, 4) is 0 Å². The summed E-state index contributed by atoms with van der Waals surface area (Å²) < 4.78 is 5.27. The van der Waals surface area contributed by atoms with Gasteiger partial charge >= 0.3 is 5.97 Å². The average molecular weight is 363 g/mol. The minimum absolute atomic E-state index is 0.0221. The van der Waals surface area contributed by atoms with Gasteiger partial charge in [0.1, 0.15) is 0 Å². The zero-order chi connectivity index (χ0) is 19.2. The second kappa shape index (κ2) is 8.67. The molecule has 0 unspecified atom stereocenters. The number of fused-ring (bicyclic) bond motifs is 1. The van der Waals surface area contributed by atoms with E-state index in [0.29, 0.717) is 0 Å². The van der Waals surface area contributed by atoms with Crippen LogP contribution in [0.4, 0.5) is 0 Å². The lowest BCUT2D eigenvalue weighted by molar-refractivity contribution is -0.150. The molecule has 2 aromatic carbocycles. The number of benzene rings is 2. The summed E-state index contributed by atoms with van der Waals surface area (Å²) in [5.41, 5.74) is 4.46. The number of rotatable bonds is 5. The normalized spacial score (nSPS) is 17.2. The highest BCUT2D eigenvalue weighted by Gasteiger charge is 2.24. The van der Waals surface area contributed by atoms with E-state index in [2.05, 4.69) is 17.4 Å². The molecule has 0 heterocycles. The Balaban J connectivity index is 1.57. The molecular weight excluding hydrogens is 338 g/mol. The van der Waals surface area contributed by atoms with E-state index in [0.717, 1.165) is 36.0 Å². The van der Waals surface area contributed by atoms with E-state index in [9.17, 15) is 9.59 Å². The second-order valence-electron chi connectivity index (χ2n) is 6.92. The van der Waals surface area contributed by atoms with Crippen molar-refractivity contribution < 1.29 is 14.3 Å². The molecule has 0 radical (unpaired) electrons. The molecule has 3 rings (SSSR count). The molecule has 0 bridgehead atoms. The van der Waals surface area contributed by atoms with E-state index in [1.165, 1.54) is 11.6 Å². The van der Waals surface area contributed by atoms with Crippen LogP contribution in [0.1, 0.15) is 48.1 Å². The zero-order valence-corrected chi connectivity index (χ0v) is 15.8. The lowest BCUT2D eigenvalue weighted by Crippen LogP contribution is -2.39. The summed E-state index contributed by atoms with van der Waals surface area (Å²) in [6, 6.07) is 15.9. The maximum atomic E-state index is 12.5. The highest BCUT2D eigenvalue weighted by atomic mass is 16.5. The third kappa shape index (κ3) is 4.85. The number of esters is 1. The predicted molar refractivity (Wildman–Crippen MR) is 106 cm³/mol. The Labute approximate surface area is 160 Å². The van der Waals surface area contributed by atoms with Gasteiger partial charge in [-0.3, -0.25) is 4.79 Å². The van der Waals surface area contributed by atoms with E-state index in [4.69, 9.17) is 4.74 Å². The molecule has 1 aliphatic carbocycles. The summed E-state index contributed by atoms with van der Waals surface area (Å²) in [6.07, 6.45) is 5.21. The first-order chi connectivity index (χ1) is 13.0. The largest absolute Gasteiger partial charge is 0.449 e. The summed E-state index contributed by atoms with van der Waals surface area (Å²) >= 11 is 0. The minimum Gasteiger partial charge on any atom is -0.449 e. The molecule has 0 aliphatic heterocycles. The molecule has 0 saturated carbocycles. The first-order valence-corrected chi connectivity index (χ1v) is 9.37. The van der Waals surface area contributed by atoms with Crippen LogP contribution in [0.2, 0.25) is 0 Å². The predicted octanol–water partition coefficient (Wildman–Crippen LogP) is 4.13. The van der Waals surface area contributed by atoms with Gasteiger partial charge in [0, 0.05) is 6.08 Å². The number of amides is 1. The van der Waals surface area contributed by atoms with Gasteiger partial charge in [-0.15, -0.1) is 0 Å². The van der Waals surface area contributed by atoms with E-state index in [1.54, 1.807) is 13.0 Å². The molecule has 4 heteroatoms. The van der Waals surface area contributed by atoms with E-state index in [1.807, 2.05) is 43.3 Å². The quantitative estimate of drug-likeness (QED) is 0.642. The van der Waals surface area contributed by atoms with E-state index < -0.39 is 12.1 Å². The van der Waals surface area contributed by atoms with Crippen molar-refractivity contribution in [1.29, 1.82) is 0 Å². The third-order valence-corrected chi connectivity index (χ3v) is 4.94. The molecule has 140 valence electrons. The summed E-state index contributed by atoms with van der Waals surface area (Å²) in [6.45, 7) is 3.58. The minimum atomic E-state index is -0.840. The Morgan fingerprint density at radius 2 is 1.89 bits per heavy atom. The first kappa shape index (κ1) is 18.9. The monoisotopic (exact) mass is 363 g/mol. The topological polar surface area (TPSA) is 55.4 Å². The van der Waals surface area contributed by atoms with Crippen molar-refractivity contribution in [2.75, 3.05) is 0 Å². The van der Waals surface area contributed by atoms with Crippen LogP contribution in [0.3, 0.4) is 0 Å². The number of hydrogen-bond donors (Lipinski definition) is 1. The molecular formula is C23H25NO3. The van der Waals surface area contributed by atoms with Gasteiger partial charge in [0.2, 0.25) is 0 Å². The average Bonchev–Trinajstić information content (AvgIpc) is 2.67. The standard InChI is InChI=1S/C23H25NO3/c1-16-8-3-4-9-18(16)14-15-22(25)27-17(2)23(26)24-21-13-7-11-19-10-5-6-12-20(19)21/h3-6,8-10,12,14-15,17,21H,7,11,13H2,1-2H3,(H,24,26)/b15-14+/t17-,21+/m0/s1. The Bertz CT molecular complexity index is 856. The molecule has 1 amide bonds. The molecule has 2 aromatic rings. The van der Waals surface area contributed by atoms with Crippen molar-refractivity contribution >= 4 is 18.0 Å². The lowest BCUT2D eigenvalue weighted by Gasteiger charge is -2.27. The third-order valence-electron chi connectivity index (χ3n) is 4.94. The Kier molecular flexibility index (Phi) is 6.07. The smallest absolute Gasteiger partial charge is 0.331 e. The van der Waals surface area contributed by atoms with E-state index >= 15 is 0 Å². The van der Waals surface area contributed by atoms with Gasteiger partial charge in [0.25, 0.3) is 5.91 Å². The van der Waals surface area contributed by atoms with Gasteiger partial charge in [-0.2, -0.15) is 0 Å². The fraction of sp³-hybridized carbons (Fsp3) is 0.304. The van der Waals surface area contributed by atoms with Crippen LogP contribution in [0, 0.1) is 6.92 Å². The Hall–Kier alpha value is -2.88. The van der Waals surface area contributed by atoms with Crippen LogP contribution in [-0.2, 0) is 20.7 Å². The number of aryl methyl sites for hydroxylation is 2. The molecule has 0 aromatic heterocycles. The number of hydrogen-bond acceptors (Lipinski definition) is 3. The Morgan fingerprint density at radius 3 is 2.70 bits per heavy atom. The highest BCUT2D eigenvalue weighted by molar-refractivity contribution is 5.90. The molecule has 27 heavy (non-hydrogen) atoms. The summed E-state index contributed by atoms with van der Waals surface area (Å²) in [5, 5.41) is 3.02. The van der Waals surface area contributed by atoms with Crippen molar-refractivity contribution in [2.45, 2.75) is 45.3 Å². The van der Waals surface area contributed by atoms with Gasteiger partial charge in [-0.1, -0.05) is 48.5 Å². The van der Waals surface area contributed by atoms with Gasteiger partial charge in [-0.05, 0) is 61.4 Å². The van der Waals surface area contributed by atoms with Crippen molar-refractivity contribution in [1.82, 2.24) is 5.32 Å². The molecule has 0 fully saturated rings. The fourth-order valence-electron chi connectivity index (χ4n) is 3.39. The van der Waals surface area contributed by atoms with Gasteiger partial charge in [-0.25, -0.2) is 4.79 Å². The van der Waals surface area contributed by atoms with Crippen molar-refractivity contribution in [3.63, 3.8) is 0 Å². The van der Waals surface area contributed by atoms with Crippen LogP contribution in [0.5, 0.6) is 0 Å². The van der Waals surface area contributed by atoms with Crippen LogP contribution in [-0.4, -0.2) is 18.0 Å². The molecule has 1 N–H and O–H groups in total. The van der Waals surface area contributed by atoms with Gasteiger partial charge in [0.15, 0.2) is 6.10 Å². The fourth-order valence-corrected chi connectivity index (χ4v) is 3.39. The first-order valence-electron chi connectivity index (χ1n) is 9.37. The number of nitrogens with one attached hydrogen (secondary N) is 1. The lowest BCUT2D eigenvalue weighted by atomic mass is 9.87. The summed E-state index contributed by atoms with van der Waals surface area (Å²) in [5.74, 6) is -0.792.